The van der Waals surface area contributed by atoms with Crippen LogP contribution < -0.4 is 10.6 Å². The van der Waals surface area contributed by atoms with Gasteiger partial charge in [0.15, 0.2) is 5.11 Å². The Morgan fingerprint density at radius 2 is 2.38 bits per heavy atom. The van der Waals surface area contributed by atoms with E-state index >= 15 is 0 Å². The van der Waals surface area contributed by atoms with Crippen molar-refractivity contribution in [2.75, 3.05) is 11.9 Å². The van der Waals surface area contributed by atoms with Gasteiger partial charge in [-0.2, -0.15) is 0 Å². The zero-order valence-electron chi connectivity index (χ0n) is 9.11. The Balaban J connectivity index is 2.52. The number of carbonyl (C=O) groups is 1. The number of hydrogen-bond acceptors (Lipinski definition) is 4. The molecule has 16 heavy (non-hydrogen) atoms. The molecule has 0 spiro atoms. The number of ether oxygens (including phenoxy) is 1. The predicted octanol–water partition coefficient (Wildman–Crippen LogP) is 1.83. The lowest BCUT2D eigenvalue weighted by Crippen LogP contribution is -2.34. The summed E-state index contributed by atoms with van der Waals surface area (Å²) in [5.41, 5.74) is 0.940. The molecule has 86 valence electrons. The molecular weight excluding hydrogens is 226 g/mol. The Labute approximate surface area is 99.2 Å². The van der Waals surface area contributed by atoms with E-state index in [-0.39, 0.29) is 5.11 Å². The lowest BCUT2D eigenvalue weighted by molar-refractivity contribution is 0.158. The van der Waals surface area contributed by atoms with Crippen molar-refractivity contribution in [3.8, 4) is 0 Å². The van der Waals surface area contributed by atoms with Gasteiger partial charge in [0.05, 0.1) is 6.61 Å². The standard InChI is InChI=1S/C10H13N3O2S/c1-3-15-10(14)13-9(16)12-8-7(2)5-4-6-11-8/h4-6H,3H2,1-2H3,(H2,11,12,13,14,16). The molecule has 0 radical (unpaired) electrons. The van der Waals surface area contributed by atoms with Crippen molar-refractivity contribution in [1.82, 2.24) is 10.3 Å². The summed E-state index contributed by atoms with van der Waals surface area (Å²) in [5.74, 6) is 0.615. The average molecular weight is 239 g/mol. The van der Waals surface area contributed by atoms with E-state index in [9.17, 15) is 4.79 Å². The molecule has 0 saturated heterocycles. The summed E-state index contributed by atoms with van der Waals surface area (Å²) in [4.78, 5) is 15.1. The van der Waals surface area contributed by atoms with E-state index in [2.05, 4.69) is 20.4 Å². The van der Waals surface area contributed by atoms with Gasteiger partial charge in [0.25, 0.3) is 0 Å². The molecular formula is C10H13N3O2S. The molecule has 0 aliphatic heterocycles. The molecule has 0 aromatic carbocycles. The second-order valence-electron chi connectivity index (χ2n) is 2.97. The number of alkyl carbamates (subject to hydrolysis) is 1. The van der Waals surface area contributed by atoms with Gasteiger partial charge in [-0.1, -0.05) is 6.07 Å². The molecule has 1 amide bonds. The monoisotopic (exact) mass is 239 g/mol. The number of carbonyl (C=O) groups excluding carboxylic acids is 1. The number of thiocarbonyl (C=S) groups is 1. The molecule has 0 aliphatic rings. The maximum atomic E-state index is 11.0. The molecule has 0 atom stereocenters. The van der Waals surface area contributed by atoms with Crippen molar-refractivity contribution in [3.63, 3.8) is 0 Å². The number of anilines is 1. The number of hydrogen-bond donors (Lipinski definition) is 2. The van der Waals surface area contributed by atoms with Gasteiger partial charge in [-0.05, 0) is 37.7 Å². The number of aryl methyl sites for hydroxylation is 1. The van der Waals surface area contributed by atoms with Gasteiger partial charge in [-0.15, -0.1) is 0 Å². The topological polar surface area (TPSA) is 63.2 Å². The molecule has 1 heterocycles. The Morgan fingerprint density at radius 3 is 3.00 bits per heavy atom. The van der Waals surface area contributed by atoms with Crippen LogP contribution in [0.15, 0.2) is 18.3 Å². The first-order valence-corrected chi connectivity index (χ1v) is 5.20. The van der Waals surface area contributed by atoms with Crippen LogP contribution in [0.5, 0.6) is 0 Å². The van der Waals surface area contributed by atoms with E-state index in [4.69, 9.17) is 12.2 Å². The Bertz CT molecular complexity index is 395. The molecule has 1 rings (SSSR count). The molecule has 6 heteroatoms. The van der Waals surface area contributed by atoms with E-state index in [1.54, 1.807) is 13.1 Å². The summed E-state index contributed by atoms with van der Waals surface area (Å²) < 4.78 is 4.68. The largest absolute Gasteiger partial charge is 0.450 e. The highest BCUT2D eigenvalue weighted by Gasteiger charge is 2.06. The number of nitrogens with one attached hydrogen (secondary N) is 2. The van der Waals surface area contributed by atoms with Crippen molar-refractivity contribution in [1.29, 1.82) is 0 Å². The molecule has 1 aromatic rings. The highest BCUT2D eigenvalue weighted by atomic mass is 32.1. The third-order valence-corrected chi connectivity index (χ3v) is 1.94. The van der Waals surface area contributed by atoms with Crippen LogP contribution in [0.3, 0.4) is 0 Å². The summed E-state index contributed by atoms with van der Waals surface area (Å²) in [7, 11) is 0. The smallest absolute Gasteiger partial charge is 0.413 e. The molecule has 1 aromatic heterocycles. The van der Waals surface area contributed by atoms with Crippen LogP contribution in [0.4, 0.5) is 10.6 Å². The van der Waals surface area contributed by atoms with Gasteiger partial charge in [-0.3, -0.25) is 5.32 Å². The van der Waals surface area contributed by atoms with Crippen LogP contribution in [0.2, 0.25) is 0 Å². The molecule has 0 bridgehead atoms. The van der Waals surface area contributed by atoms with Crippen LogP contribution in [-0.4, -0.2) is 22.8 Å². The minimum Gasteiger partial charge on any atom is -0.450 e. The van der Waals surface area contributed by atoms with Gasteiger partial charge in [0.2, 0.25) is 0 Å². The van der Waals surface area contributed by atoms with Crippen molar-refractivity contribution in [2.24, 2.45) is 0 Å². The van der Waals surface area contributed by atoms with Crippen molar-refractivity contribution in [3.05, 3.63) is 23.9 Å². The minimum atomic E-state index is -0.575. The fourth-order valence-corrected chi connectivity index (χ4v) is 1.20. The third-order valence-electron chi connectivity index (χ3n) is 1.73. The van der Waals surface area contributed by atoms with Crippen LogP contribution >= 0.6 is 12.2 Å². The minimum absolute atomic E-state index is 0.167. The number of pyridine rings is 1. The SMILES string of the molecule is CCOC(=O)NC(=S)Nc1ncccc1C. The zero-order valence-corrected chi connectivity index (χ0v) is 9.93. The van der Waals surface area contributed by atoms with Gasteiger partial charge >= 0.3 is 6.09 Å². The van der Waals surface area contributed by atoms with Gasteiger partial charge in [0.1, 0.15) is 5.82 Å². The van der Waals surface area contributed by atoms with E-state index in [1.807, 2.05) is 19.1 Å². The number of amides is 1. The van der Waals surface area contributed by atoms with Crippen LogP contribution in [-0.2, 0) is 4.74 Å². The normalized spacial score (nSPS) is 9.38. The maximum Gasteiger partial charge on any atom is 0.413 e. The molecule has 0 fully saturated rings. The summed E-state index contributed by atoms with van der Waals surface area (Å²) in [6, 6.07) is 3.71. The lowest BCUT2D eigenvalue weighted by atomic mass is 10.3. The van der Waals surface area contributed by atoms with Crippen molar-refractivity contribution in [2.45, 2.75) is 13.8 Å². The van der Waals surface area contributed by atoms with E-state index in [0.29, 0.717) is 12.4 Å². The van der Waals surface area contributed by atoms with Gasteiger partial charge in [-0.25, -0.2) is 9.78 Å². The number of nitrogens with zero attached hydrogens (tertiary/aromatic N) is 1. The van der Waals surface area contributed by atoms with E-state index < -0.39 is 6.09 Å². The fourth-order valence-electron chi connectivity index (χ4n) is 1.02. The lowest BCUT2D eigenvalue weighted by Gasteiger charge is -2.09. The van der Waals surface area contributed by atoms with Crippen LogP contribution in [0.25, 0.3) is 0 Å². The molecule has 2 N–H and O–H groups in total. The summed E-state index contributed by atoms with van der Waals surface area (Å²) in [6.07, 6.45) is 1.07. The summed E-state index contributed by atoms with van der Waals surface area (Å²) >= 11 is 4.92. The Morgan fingerprint density at radius 1 is 1.62 bits per heavy atom. The molecule has 0 unspecified atom stereocenters. The first-order chi connectivity index (χ1) is 7.63. The molecule has 0 saturated carbocycles. The van der Waals surface area contributed by atoms with Crippen LogP contribution in [0, 0.1) is 6.92 Å². The summed E-state index contributed by atoms with van der Waals surface area (Å²) in [5, 5.41) is 5.35. The average Bonchev–Trinajstić information content (AvgIpc) is 2.21. The number of aromatic nitrogens is 1. The Hall–Kier alpha value is -1.69. The maximum absolute atomic E-state index is 11.0. The molecule has 5 nitrogen and oxygen atoms in total. The Kier molecular flexibility index (Phi) is 4.65. The van der Waals surface area contributed by atoms with Crippen LogP contribution in [0.1, 0.15) is 12.5 Å². The first-order valence-electron chi connectivity index (χ1n) is 4.80. The van der Waals surface area contributed by atoms with Crippen molar-refractivity contribution < 1.29 is 9.53 Å². The van der Waals surface area contributed by atoms with E-state index in [1.165, 1.54) is 0 Å². The highest BCUT2D eigenvalue weighted by molar-refractivity contribution is 7.80. The fraction of sp³-hybridized carbons (Fsp3) is 0.300. The summed E-state index contributed by atoms with van der Waals surface area (Å²) in [6.45, 7) is 3.92. The quantitative estimate of drug-likeness (QED) is 0.771. The van der Waals surface area contributed by atoms with Crippen molar-refractivity contribution >= 4 is 29.2 Å². The first kappa shape index (κ1) is 12.4. The predicted molar refractivity (Wildman–Crippen MR) is 65.4 cm³/mol. The number of rotatable bonds is 2. The third kappa shape index (κ3) is 3.82. The second kappa shape index (κ2) is 6.02. The van der Waals surface area contributed by atoms with E-state index in [0.717, 1.165) is 5.56 Å². The van der Waals surface area contributed by atoms with Gasteiger partial charge in [0, 0.05) is 6.20 Å². The molecule has 0 aliphatic carbocycles. The zero-order chi connectivity index (χ0) is 12.0. The van der Waals surface area contributed by atoms with Gasteiger partial charge < -0.3 is 10.1 Å². The highest BCUT2D eigenvalue weighted by Crippen LogP contribution is 2.08. The second-order valence-corrected chi connectivity index (χ2v) is 3.38.